The monoisotopic (exact) mass is 1140 g/mol. The van der Waals surface area contributed by atoms with Crippen LogP contribution in [-0.2, 0) is 16.2 Å². The number of para-hydroxylation sites is 4. The molecular weight excluding hydrogens is 1080 g/mol. The summed E-state index contributed by atoms with van der Waals surface area (Å²) in [5.74, 6) is 1.72. The molecule has 422 valence electrons. The molecule has 0 radical (unpaired) electrons. The van der Waals surface area contributed by atoms with E-state index in [0.717, 1.165) is 51.1 Å². The van der Waals surface area contributed by atoms with E-state index < -0.39 is 5.41 Å². The molecule has 0 fully saturated rings. The van der Waals surface area contributed by atoms with Gasteiger partial charge in [0.15, 0.2) is 0 Å². The van der Waals surface area contributed by atoms with Gasteiger partial charge in [-0.25, -0.2) is 0 Å². The molecule has 1 aromatic heterocycles. The number of hydrogen-bond donors (Lipinski definition) is 1. The van der Waals surface area contributed by atoms with Crippen LogP contribution in [0.25, 0.3) is 83.1 Å². The lowest BCUT2D eigenvalue weighted by molar-refractivity contribution is 0.434. The predicted molar refractivity (Wildman–Crippen MR) is 369 cm³/mol. The van der Waals surface area contributed by atoms with Gasteiger partial charge in [-0.3, -0.25) is 0 Å². The van der Waals surface area contributed by atoms with Gasteiger partial charge >= 0.3 is 0 Å². The summed E-state index contributed by atoms with van der Waals surface area (Å²) >= 11 is 0. The summed E-state index contributed by atoms with van der Waals surface area (Å²) in [6.45, 7) is 9.45. The maximum absolute atomic E-state index is 7.09. The fourth-order valence-electron chi connectivity index (χ4n) is 16.0. The van der Waals surface area contributed by atoms with Gasteiger partial charge in [-0.05, 0) is 186 Å². The number of nitrogens with zero attached hydrogens (tertiary/aromatic N) is 2. The van der Waals surface area contributed by atoms with Crippen LogP contribution in [0.5, 0.6) is 11.5 Å². The molecule has 89 heavy (non-hydrogen) atoms. The highest BCUT2D eigenvalue weighted by Crippen LogP contribution is 2.62. The molecule has 18 rings (SSSR count). The van der Waals surface area contributed by atoms with Gasteiger partial charge in [0.25, 0.3) is 0 Å². The largest absolute Gasteiger partial charge is 0.457 e. The molecule has 4 heteroatoms. The molecule has 1 atom stereocenters. The van der Waals surface area contributed by atoms with Gasteiger partial charge in [0, 0.05) is 61.2 Å². The Balaban J connectivity index is 0.725. The van der Waals surface area contributed by atoms with E-state index in [1.165, 1.54) is 117 Å². The SMILES string of the molecule is CC1(C)c2ccccc2-c2ccc(Nc3ccc(-c4cccc(-c5ccc6c(c5)-c5ccc(N(c7ccc(-c8ccccc8)cc7)c7ccc8c(c7)C7(c9ccccc9O8)c8ccccc8-n8c9ccccc9c9cccc7c98)cc5C6(C)C)c4)cc3)cc21. The Morgan fingerprint density at radius 2 is 0.831 bits per heavy atom. The number of anilines is 5. The molecule has 14 aromatic rings. The lowest BCUT2D eigenvalue weighted by atomic mass is 9.61. The van der Waals surface area contributed by atoms with Gasteiger partial charge in [0.2, 0.25) is 0 Å². The predicted octanol–water partition coefficient (Wildman–Crippen LogP) is 22.4. The lowest BCUT2D eigenvalue weighted by Crippen LogP contribution is -2.38. The van der Waals surface area contributed by atoms with Gasteiger partial charge in [0.1, 0.15) is 11.5 Å². The number of ether oxygens (including phenoxy) is 1. The Kier molecular flexibility index (Phi) is 11.0. The van der Waals surface area contributed by atoms with E-state index in [0.29, 0.717) is 0 Å². The number of benzene rings is 13. The molecule has 2 aliphatic carbocycles. The summed E-state index contributed by atoms with van der Waals surface area (Å²) < 4.78 is 9.59. The topological polar surface area (TPSA) is 29.4 Å². The zero-order valence-corrected chi connectivity index (χ0v) is 50.0. The normalized spacial score (nSPS) is 15.5. The van der Waals surface area contributed by atoms with E-state index in [1.807, 2.05) is 0 Å². The second-order valence-electron chi connectivity index (χ2n) is 25.7. The summed E-state index contributed by atoms with van der Waals surface area (Å²) in [6.07, 6.45) is 0. The highest BCUT2D eigenvalue weighted by molar-refractivity contribution is 6.12. The minimum atomic E-state index is -0.722. The number of fused-ring (bicyclic) bond motifs is 17. The first-order valence-corrected chi connectivity index (χ1v) is 31.1. The van der Waals surface area contributed by atoms with Crippen LogP contribution in [0, 0.1) is 0 Å². The van der Waals surface area contributed by atoms with Crippen LogP contribution in [0.1, 0.15) is 72.2 Å². The Labute approximate surface area is 519 Å². The highest BCUT2D eigenvalue weighted by Gasteiger charge is 2.51. The van der Waals surface area contributed by atoms with Gasteiger partial charge in [0.05, 0.1) is 22.1 Å². The molecule has 0 saturated carbocycles. The third-order valence-electron chi connectivity index (χ3n) is 20.2. The standard InChI is InChI=1S/C85H61N3O/c1-83(2)70-25-10-8-22-64(70)65-44-39-60(50-75(65)83)86-59-37-32-55(33-38-59)56-20-16-21-57(48-56)58-36-46-71-69(49-58)66-45-42-62(51-76(66)84(71,3)4)87(61-40-34-54(35-41-61)53-18-6-5-7-19-53)63-43-47-81-77(52-63)85(73-27-12-15-31-80(73)89-81)72-26-11-14-30-79(72)88-78-29-13-9-23-67(78)68-24-17-28-74(85)82(68)88/h5-52,86H,1-4H3. The van der Waals surface area contributed by atoms with Crippen LogP contribution in [0.4, 0.5) is 28.4 Å². The summed E-state index contributed by atoms with van der Waals surface area (Å²) in [4.78, 5) is 2.46. The number of rotatable bonds is 8. The van der Waals surface area contributed by atoms with E-state index in [2.05, 4.69) is 334 Å². The van der Waals surface area contributed by atoms with Gasteiger partial charge in [-0.15, -0.1) is 0 Å². The summed E-state index contributed by atoms with van der Waals surface area (Å²) in [5, 5.41) is 6.21. The highest BCUT2D eigenvalue weighted by atomic mass is 16.5. The molecule has 13 aromatic carbocycles. The Morgan fingerprint density at radius 1 is 0.315 bits per heavy atom. The Hall–Kier alpha value is -10.9. The summed E-state index contributed by atoms with van der Waals surface area (Å²) in [5.41, 5.74) is 30.4. The van der Waals surface area contributed by atoms with Crippen molar-refractivity contribution < 1.29 is 4.74 Å². The molecule has 1 N–H and O–H groups in total. The first kappa shape index (κ1) is 51.3. The van der Waals surface area contributed by atoms with Gasteiger partial charge < -0.3 is 19.5 Å². The average Bonchev–Trinajstić information content (AvgIpc) is 1.68. The molecule has 0 amide bonds. The molecule has 0 bridgehead atoms. The van der Waals surface area contributed by atoms with Gasteiger partial charge in [-0.1, -0.05) is 222 Å². The third-order valence-corrected chi connectivity index (χ3v) is 20.2. The fraction of sp³-hybridized carbons (Fsp3) is 0.0824. The zero-order valence-electron chi connectivity index (χ0n) is 50.0. The number of nitrogens with one attached hydrogen (secondary N) is 1. The zero-order chi connectivity index (χ0) is 59.3. The van der Waals surface area contributed by atoms with E-state index in [1.54, 1.807) is 0 Å². The number of aromatic nitrogens is 1. The van der Waals surface area contributed by atoms with Crippen molar-refractivity contribution >= 4 is 50.2 Å². The van der Waals surface area contributed by atoms with Crippen LogP contribution in [0.15, 0.2) is 291 Å². The number of hydrogen-bond acceptors (Lipinski definition) is 3. The van der Waals surface area contributed by atoms with Gasteiger partial charge in [-0.2, -0.15) is 0 Å². The average molecular weight is 1140 g/mol. The molecular formula is C85H61N3O. The van der Waals surface area contributed by atoms with Crippen molar-refractivity contribution in [1.82, 2.24) is 4.57 Å². The van der Waals surface area contributed by atoms with Crippen molar-refractivity contribution in [3.05, 3.63) is 336 Å². The molecule has 1 spiro atoms. The summed E-state index contributed by atoms with van der Waals surface area (Å²) in [6, 6.07) is 108. The molecule has 0 saturated heterocycles. The van der Waals surface area contributed by atoms with Crippen LogP contribution in [-0.4, -0.2) is 4.57 Å². The Bertz CT molecular complexity index is 5260. The third kappa shape index (κ3) is 7.47. The molecule has 3 heterocycles. The molecule has 4 nitrogen and oxygen atoms in total. The van der Waals surface area contributed by atoms with Crippen LogP contribution >= 0.6 is 0 Å². The first-order chi connectivity index (χ1) is 43.6. The van der Waals surface area contributed by atoms with E-state index in [-0.39, 0.29) is 10.8 Å². The van der Waals surface area contributed by atoms with Crippen molar-refractivity contribution in [3.63, 3.8) is 0 Å². The first-order valence-electron chi connectivity index (χ1n) is 31.1. The van der Waals surface area contributed by atoms with Crippen LogP contribution in [0.3, 0.4) is 0 Å². The fourth-order valence-corrected chi connectivity index (χ4v) is 16.0. The van der Waals surface area contributed by atoms with Crippen molar-refractivity contribution in [3.8, 4) is 72.8 Å². The minimum absolute atomic E-state index is 0.0494. The molecule has 1 unspecified atom stereocenters. The van der Waals surface area contributed by atoms with Crippen LogP contribution < -0.4 is 15.0 Å². The van der Waals surface area contributed by atoms with E-state index in [4.69, 9.17) is 4.74 Å². The van der Waals surface area contributed by atoms with Crippen molar-refractivity contribution in [2.24, 2.45) is 0 Å². The maximum atomic E-state index is 7.09. The molecule has 4 aliphatic rings. The van der Waals surface area contributed by atoms with Crippen molar-refractivity contribution in [1.29, 1.82) is 0 Å². The summed E-state index contributed by atoms with van der Waals surface area (Å²) in [7, 11) is 0. The second kappa shape index (κ2) is 19.0. The minimum Gasteiger partial charge on any atom is -0.457 e. The quantitative estimate of drug-likeness (QED) is 0.164. The van der Waals surface area contributed by atoms with Crippen molar-refractivity contribution in [2.75, 3.05) is 10.2 Å². The second-order valence-corrected chi connectivity index (χ2v) is 25.7. The molecule has 2 aliphatic heterocycles. The smallest absolute Gasteiger partial charge is 0.132 e. The maximum Gasteiger partial charge on any atom is 0.132 e. The lowest BCUT2D eigenvalue weighted by Gasteiger charge is -2.45. The van der Waals surface area contributed by atoms with Crippen LogP contribution in [0.2, 0.25) is 0 Å². The Morgan fingerprint density at radius 3 is 1.66 bits per heavy atom. The van der Waals surface area contributed by atoms with E-state index in [9.17, 15) is 0 Å². The van der Waals surface area contributed by atoms with E-state index >= 15 is 0 Å². The van der Waals surface area contributed by atoms with Crippen molar-refractivity contribution in [2.45, 2.75) is 43.9 Å².